The number of benzene rings is 1. The van der Waals surface area contributed by atoms with Crippen LogP contribution in [0.1, 0.15) is 19.8 Å². The van der Waals surface area contributed by atoms with Crippen molar-refractivity contribution in [2.45, 2.75) is 19.8 Å². The van der Waals surface area contributed by atoms with Crippen molar-refractivity contribution in [3.63, 3.8) is 0 Å². The Labute approximate surface area is 102 Å². The van der Waals surface area contributed by atoms with Gasteiger partial charge >= 0.3 is 0 Å². The van der Waals surface area contributed by atoms with E-state index in [4.69, 9.17) is 4.74 Å². The number of nitrogens with one attached hydrogen (secondary N) is 1. The molecule has 1 N–H and O–H groups in total. The van der Waals surface area contributed by atoms with Crippen molar-refractivity contribution in [2.75, 3.05) is 6.61 Å². The van der Waals surface area contributed by atoms with Gasteiger partial charge in [-0.05, 0) is 34.5 Å². The van der Waals surface area contributed by atoms with Gasteiger partial charge in [0, 0.05) is 16.1 Å². The average molecular weight is 286 g/mol. The van der Waals surface area contributed by atoms with E-state index >= 15 is 0 Å². The number of hydrogen-bond donors (Lipinski definition) is 1. The summed E-state index contributed by atoms with van der Waals surface area (Å²) in [5.41, 5.74) is 0.868. The second-order valence-electron chi connectivity index (χ2n) is 3.64. The summed E-state index contributed by atoms with van der Waals surface area (Å²) in [6.07, 6.45) is 3.75. The first kappa shape index (κ1) is 11.5. The van der Waals surface area contributed by atoms with Crippen LogP contribution in [-0.4, -0.2) is 11.6 Å². The Morgan fingerprint density at radius 3 is 3.06 bits per heavy atom. The van der Waals surface area contributed by atoms with E-state index in [9.17, 15) is 4.39 Å². The van der Waals surface area contributed by atoms with Crippen LogP contribution in [0.2, 0.25) is 0 Å². The van der Waals surface area contributed by atoms with Gasteiger partial charge in [0.05, 0.1) is 12.1 Å². The summed E-state index contributed by atoms with van der Waals surface area (Å²) in [7, 11) is 0. The van der Waals surface area contributed by atoms with E-state index in [0.29, 0.717) is 16.8 Å². The maximum atomic E-state index is 13.7. The molecule has 0 aliphatic heterocycles. The minimum atomic E-state index is -0.324. The van der Waals surface area contributed by atoms with E-state index < -0.39 is 0 Å². The molecule has 0 saturated carbocycles. The molecule has 0 saturated heterocycles. The molecular weight excluding hydrogens is 273 g/mol. The average Bonchev–Trinajstić information content (AvgIpc) is 2.72. The lowest BCUT2D eigenvalue weighted by Crippen LogP contribution is -1.99. The Morgan fingerprint density at radius 1 is 1.50 bits per heavy atom. The molecule has 2 nitrogen and oxygen atoms in total. The monoisotopic (exact) mass is 285 g/mol. The summed E-state index contributed by atoms with van der Waals surface area (Å²) in [6.45, 7) is 2.63. The molecule has 2 aromatic rings. The highest BCUT2D eigenvalue weighted by Gasteiger charge is 2.12. The van der Waals surface area contributed by atoms with Crippen LogP contribution in [0.25, 0.3) is 10.9 Å². The lowest BCUT2D eigenvalue weighted by molar-refractivity contribution is 0.298. The SMILES string of the molecule is CCCCOc1c(F)cc(Br)c2[nH]ccc12. The van der Waals surface area contributed by atoms with Gasteiger partial charge in [-0.3, -0.25) is 0 Å². The Bertz CT molecular complexity index is 495. The van der Waals surface area contributed by atoms with Gasteiger partial charge in [0.15, 0.2) is 11.6 Å². The third-order valence-corrected chi connectivity index (χ3v) is 3.07. The lowest BCUT2D eigenvalue weighted by Gasteiger charge is -2.08. The summed E-state index contributed by atoms with van der Waals surface area (Å²) in [6, 6.07) is 3.25. The van der Waals surface area contributed by atoms with Crippen LogP contribution in [0.15, 0.2) is 22.8 Å². The fourth-order valence-corrected chi connectivity index (χ4v) is 2.13. The van der Waals surface area contributed by atoms with Crippen LogP contribution in [0.4, 0.5) is 4.39 Å². The van der Waals surface area contributed by atoms with E-state index in [0.717, 1.165) is 23.7 Å². The fraction of sp³-hybridized carbons (Fsp3) is 0.333. The fourth-order valence-electron chi connectivity index (χ4n) is 1.60. The van der Waals surface area contributed by atoms with Crippen molar-refractivity contribution in [2.24, 2.45) is 0 Å². The predicted octanol–water partition coefficient (Wildman–Crippen LogP) is 4.25. The van der Waals surface area contributed by atoms with Crippen LogP contribution in [0, 0.1) is 5.82 Å². The summed E-state index contributed by atoms with van der Waals surface area (Å²) in [5.74, 6) is 0.0166. The lowest BCUT2D eigenvalue weighted by atomic mass is 10.2. The molecule has 16 heavy (non-hydrogen) atoms. The topological polar surface area (TPSA) is 25.0 Å². The zero-order valence-corrected chi connectivity index (χ0v) is 10.6. The molecule has 2 rings (SSSR count). The molecule has 1 heterocycles. The number of aromatic amines is 1. The highest BCUT2D eigenvalue weighted by atomic mass is 79.9. The molecule has 0 aliphatic rings. The number of H-pyrrole nitrogens is 1. The molecule has 0 bridgehead atoms. The van der Waals surface area contributed by atoms with Gasteiger partial charge in [-0.15, -0.1) is 0 Å². The Balaban J connectivity index is 2.38. The van der Waals surface area contributed by atoms with Gasteiger partial charge in [0.25, 0.3) is 0 Å². The molecule has 0 radical (unpaired) electrons. The summed E-state index contributed by atoms with van der Waals surface area (Å²) >= 11 is 3.32. The molecule has 0 fully saturated rings. The quantitative estimate of drug-likeness (QED) is 0.835. The van der Waals surface area contributed by atoms with E-state index in [1.165, 1.54) is 6.07 Å². The van der Waals surface area contributed by atoms with Gasteiger partial charge in [0.2, 0.25) is 0 Å². The van der Waals surface area contributed by atoms with Crippen molar-refractivity contribution < 1.29 is 9.13 Å². The molecule has 0 atom stereocenters. The van der Waals surface area contributed by atoms with Gasteiger partial charge in [-0.2, -0.15) is 0 Å². The van der Waals surface area contributed by atoms with Crippen LogP contribution in [-0.2, 0) is 0 Å². The van der Waals surface area contributed by atoms with Crippen molar-refractivity contribution in [1.82, 2.24) is 4.98 Å². The molecular formula is C12H13BrFNO. The largest absolute Gasteiger partial charge is 0.490 e. The van der Waals surface area contributed by atoms with Crippen molar-refractivity contribution in [1.29, 1.82) is 0 Å². The smallest absolute Gasteiger partial charge is 0.166 e. The maximum absolute atomic E-state index is 13.7. The first-order valence-electron chi connectivity index (χ1n) is 5.32. The van der Waals surface area contributed by atoms with Gasteiger partial charge in [-0.1, -0.05) is 13.3 Å². The summed E-state index contributed by atoms with van der Waals surface area (Å²) in [4.78, 5) is 3.05. The highest BCUT2D eigenvalue weighted by Crippen LogP contribution is 2.33. The number of unbranched alkanes of at least 4 members (excludes halogenated alkanes) is 1. The van der Waals surface area contributed by atoms with Crippen LogP contribution in [0.5, 0.6) is 5.75 Å². The van der Waals surface area contributed by atoms with Crippen molar-refractivity contribution in [3.8, 4) is 5.75 Å². The predicted molar refractivity (Wildman–Crippen MR) is 66.4 cm³/mol. The summed E-state index contributed by atoms with van der Waals surface area (Å²) in [5, 5.41) is 0.781. The molecule has 0 unspecified atom stereocenters. The molecule has 86 valence electrons. The second-order valence-corrected chi connectivity index (χ2v) is 4.49. The van der Waals surface area contributed by atoms with E-state index in [1.807, 2.05) is 6.07 Å². The number of rotatable bonds is 4. The zero-order valence-electron chi connectivity index (χ0n) is 9.02. The van der Waals surface area contributed by atoms with Crippen molar-refractivity contribution >= 4 is 26.8 Å². The van der Waals surface area contributed by atoms with E-state index in [2.05, 4.69) is 27.8 Å². The molecule has 1 aromatic carbocycles. The highest BCUT2D eigenvalue weighted by molar-refractivity contribution is 9.10. The van der Waals surface area contributed by atoms with E-state index in [1.54, 1.807) is 6.20 Å². The van der Waals surface area contributed by atoms with Crippen LogP contribution < -0.4 is 4.74 Å². The number of hydrogen-bond acceptors (Lipinski definition) is 1. The zero-order chi connectivity index (χ0) is 11.5. The standard InChI is InChI=1S/C12H13BrFNO/c1-2-3-6-16-12-8-4-5-15-11(8)9(13)7-10(12)14/h4-5,7,15H,2-3,6H2,1H3. The van der Waals surface area contributed by atoms with Gasteiger partial charge in [0.1, 0.15) is 0 Å². The number of halogens is 2. The number of ether oxygens (including phenoxy) is 1. The second kappa shape index (κ2) is 4.87. The van der Waals surface area contributed by atoms with Crippen LogP contribution >= 0.6 is 15.9 Å². The number of fused-ring (bicyclic) bond motifs is 1. The number of aromatic nitrogens is 1. The first-order chi connectivity index (χ1) is 7.74. The minimum Gasteiger partial charge on any atom is -0.490 e. The third kappa shape index (κ3) is 2.07. The molecule has 0 spiro atoms. The Hall–Kier alpha value is -1.03. The molecule has 0 aliphatic carbocycles. The van der Waals surface area contributed by atoms with E-state index in [-0.39, 0.29) is 5.82 Å². The summed E-state index contributed by atoms with van der Waals surface area (Å²) < 4.78 is 19.9. The first-order valence-corrected chi connectivity index (χ1v) is 6.11. The molecule has 1 aromatic heterocycles. The molecule has 4 heteroatoms. The van der Waals surface area contributed by atoms with Gasteiger partial charge in [-0.25, -0.2) is 4.39 Å². The van der Waals surface area contributed by atoms with Gasteiger partial charge < -0.3 is 9.72 Å². The maximum Gasteiger partial charge on any atom is 0.166 e. The van der Waals surface area contributed by atoms with Crippen molar-refractivity contribution in [3.05, 3.63) is 28.6 Å². The van der Waals surface area contributed by atoms with Crippen LogP contribution in [0.3, 0.4) is 0 Å². The minimum absolute atomic E-state index is 0.324. The molecule has 0 amide bonds. The third-order valence-electron chi connectivity index (χ3n) is 2.45. The normalized spacial score (nSPS) is 10.9. The Kier molecular flexibility index (Phi) is 3.49. The Morgan fingerprint density at radius 2 is 2.31 bits per heavy atom.